The average molecular weight is 326 g/mol. The number of allylic oxidation sites excluding steroid dienone is 3. The maximum absolute atomic E-state index is 7.70. The molecule has 0 aromatic heterocycles. The Bertz CT molecular complexity index is 605. The molecule has 1 aromatic rings. The molecular weight excluding hydrogens is 300 g/mol. The summed E-state index contributed by atoms with van der Waals surface area (Å²) >= 11 is 0. The molecule has 1 aromatic carbocycles. The summed E-state index contributed by atoms with van der Waals surface area (Å²) in [6.07, 6.45) is 5.60. The van der Waals surface area contributed by atoms with Crippen LogP contribution in [-0.2, 0) is 4.74 Å². The van der Waals surface area contributed by atoms with Gasteiger partial charge >= 0.3 is 0 Å². The van der Waals surface area contributed by atoms with E-state index in [1.165, 1.54) is 6.21 Å². The van der Waals surface area contributed by atoms with Gasteiger partial charge in [0, 0.05) is 38.4 Å². The molecule has 0 aliphatic carbocycles. The number of nitrogens with zero attached hydrogens (tertiary/aromatic N) is 1. The van der Waals surface area contributed by atoms with E-state index < -0.39 is 0 Å². The molecular formula is C19H26N4O. The van der Waals surface area contributed by atoms with E-state index in [2.05, 4.69) is 41.3 Å². The van der Waals surface area contributed by atoms with Crippen LogP contribution in [0.25, 0.3) is 0 Å². The molecule has 0 heterocycles. The average Bonchev–Trinajstić information content (AvgIpc) is 2.63. The molecule has 0 radical (unpaired) electrons. The normalized spacial score (nSPS) is 13.5. The van der Waals surface area contributed by atoms with Gasteiger partial charge < -0.3 is 15.5 Å². The summed E-state index contributed by atoms with van der Waals surface area (Å²) in [5, 5.41) is 14.8. The molecule has 128 valence electrons. The van der Waals surface area contributed by atoms with Gasteiger partial charge in [-0.3, -0.25) is 5.43 Å². The molecule has 5 heteroatoms. The highest BCUT2D eigenvalue weighted by atomic mass is 16.5. The van der Waals surface area contributed by atoms with Crippen LogP contribution in [-0.4, -0.2) is 26.6 Å². The summed E-state index contributed by atoms with van der Waals surface area (Å²) in [5.41, 5.74) is 6.23. The van der Waals surface area contributed by atoms with Crippen molar-refractivity contribution in [2.24, 2.45) is 5.10 Å². The van der Waals surface area contributed by atoms with Crippen molar-refractivity contribution < 1.29 is 4.74 Å². The Hall–Kier alpha value is -2.66. The fourth-order valence-electron chi connectivity index (χ4n) is 2.21. The van der Waals surface area contributed by atoms with Gasteiger partial charge in [-0.1, -0.05) is 43.0 Å². The fourth-order valence-corrected chi connectivity index (χ4v) is 2.21. The van der Waals surface area contributed by atoms with E-state index in [0.717, 1.165) is 17.6 Å². The summed E-state index contributed by atoms with van der Waals surface area (Å²) < 4.78 is 5.20. The van der Waals surface area contributed by atoms with Crippen LogP contribution in [0.15, 0.2) is 71.1 Å². The van der Waals surface area contributed by atoms with Gasteiger partial charge in [0.2, 0.25) is 0 Å². The molecule has 0 bridgehead atoms. The standard InChI is InChI=1S/C19H26N4O/c1-5-15(2)19(23-21-3)17(13-20)14-22-18(11-12-24-4)16-9-7-6-8-10-16/h5-10,13-14,18,20,22-23H,1,3,11-12H2,2,4H3/b17-14+,19-15+,20-13?. The van der Waals surface area contributed by atoms with Crippen LogP contribution in [0.5, 0.6) is 0 Å². The first kappa shape index (κ1) is 19.4. The second-order valence-electron chi connectivity index (χ2n) is 5.19. The molecule has 0 saturated heterocycles. The molecule has 0 fully saturated rings. The number of rotatable bonds is 11. The number of methoxy groups -OCH3 is 1. The van der Waals surface area contributed by atoms with Crippen LogP contribution >= 0.6 is 0 Å². The Morgan fingerprint density at radius 1 is 1.38 bits per heavy atom. The molecule has 24 heavy (non-hydrogen) atoms. The largest absolute Gasteiger partial charge is 0.385 e. The quantitative estimate of drug-likeness (QED) is 0.331. The van der Waals surface area contributed by atoms with Crippen molar-refractivity contribution in [2.75, 3.05) is 13.7 Å². The van der Waals surface area contributed by atoms with Crippen LogP contribution in [0, 0.1) is 5.41 Å². The lowest BCUT2D eigenvalue weighted by atomic mass is 10.0. The Morgan fingerprint density at radius 2 is 2.08 bits per heavy atom. The summed E-state index contributed by atoms with van der Waals surface area (Å²) in [6.45, 7) is 9.75. The first-order chi connectivity index (χ1) is 11.7. The third-order valence-corrected chi connectivity index (χ3v) is 3.59. The topological polar surface area (TPSA) is 69.5 Å². The van der Waals surface area contributed by atoms with Crippen molar-refractivity contribution in [3.63, 3.8) is 0 Å². The van der Waals surface area contributed by atoms with Crippen LogP contribution in [0.4, 0.5) is 0 Å². The summed E-state index contributed by atoms with van der Waals surface area (Å²) in [7, 11) is 1.69. The maximum Gasteiger partial charge on any atom is 0.0692 e. The molecule has 1 atom stereocenters. The molecule has 1 unspecified atom stereocenters. The lowest BCUT2D eigenvalue weighted by molar-refractivity contribution is 0.185. The SMILES string of the molecule is C=C/C(C)=C(NN=C)\C(C=N)=C\NC(CCOC)c1ccccc1. The van der Waals surface area contributed by atoms with E-state index in [1.54, 1.807) is 19.4 Å². The van der Waals surface area contributed by atoms with E-state index in [-0.39, 0.29) is 6.04 Å². The number of hydrazone groups is 1. The highest BCUT2D eigenvalue weighted by molar-refractivity contribution is 5.82. The maximum atomic E-state index is 7.70. The smallest absolute Gasteiger partial charge is 0.0692 e. The lowest BCUT2D eigenvalue weighted by Crippen LogP contribution is -2.20. The van der Waals surface area contributed by atoms with E-state index in [1.807, 2.05) is 25.1 Å². The zero-order valence-corrected chi connectivity index (χ0v) is 14.4. The monoisotopic (exact) mass is 326 g/mol. The van der Waals surface area contributed by atoms with Gasteiger partial charge in [0.15, 0.2) is 0 Å². The molecule has 0 aliphatic heterocycles. The molecule has 0 aliphatic rings. The van der Waals surface area contributed by atoms with E-state index in [0.29, 0.717) is 17.9 Å². The number of nitrogens with one attached hydrogen (secondary N) is 3. The van der Waals surface area contributed by atoms with Crippen LogP contribution in [0.3, 0.4) is 0 Å². The van der Waals surface area contributed by atoms with Crippen molar-refractivity contribution in [1.29, 1.82) is 5.41 Å². The molecule has 0 saturated carbocycles. The summed E-state index contributed by atoms with van der Waals surface area (Å²) in [4.78, 5) is 0. The number of hydrogen-bond acceptors (Lipinski definition) is 5. The van der Waals surface area contributed by atoms with Crippen LogP contribution < -0.4 is 10.7 Å². The predicted molar refractivity (Wildman–Crippen MR) is 101 cm³/mol. The highest BCUT2D eigenvalue weighted by Gasteiger charge is 2.11. The molecule has 5 nitrogen and oxygen atoms in total. The second-order valence-corrected chi connectivity index (χ2v) is 5.19. The number of ether oxygens (including phenoxy) is 1. The van der Waals surface area contributed by atoms with Gasteiger partial charge in [0.25, 0.3) is 0 Å². The Labute approximate surface area is 144 Å². The molecule has 0 amide bonds. The van der Waals surface area contributed by atoms with Crippen molar-refractivity contribution in [3.8, 4) is 0 Å². The van der Waals surface area contributed by atoms with Gasteiger partial charge in [0.05, 0.1) is 11.7 Å². The van der Waals surface area contributed by atoms with Gasteiger partial charge in [-0.25, -0.2) is 0 Å². The zero-order chi connectivity index (χ0) is 17.8. The summed E-state index contributed by atoms with van der Waals surface area (Å²) in [5.74, 6) is 0. The number of benzene rings is 1. The third kappa shape index (κ3) is 5.85. The first-order valence-electron chi connectivity index (χ1n) is 7.73. The van der Waals surface area contributed by atoms with Crippen LogP contribution in [0.2, 0.25) is 0 Å². The zero-order valence-electron chi connectivity index (χ0n) is 14.4. The van der Waals surface area contributed by atoms with Crippen molar-refractivity contribution in [3.05, 3.63) is 71.6 Å². The highest BCUT2D eigenvalue weighted by Crippen LogP contribution is 2.18. The van der Waals surface area contributed by atoms with Crippen molar-refractivity contribution in [2.45, 2.75) is 19.4 Å². The van der Waals surface area contributed by atoms with Gasteiger partial charge in [-0.15, -0.1) is 0 Å². The van der Waals surface area contributed by atoms with Crippen molar-refractivity contribution >= 4 is 12.9 Å². The van der Waals surface area contributed by atoms with Gasteiger partial charge in [-0.2, -0.15) is 5.10 Å². The molecule has 3 N–H and O–H groups in total. The van der Waals surface area contributed by atoms with E-state index >= 15 is 0 Å². The minimum absolute atomic E-state index is 0.0862. The Kier molecular flexibility index (Phi) is 8.86. The Morgan fingerprint density at radius 3 is 2.62 bits per heavy atom. The van der Waals surface area contributed by atoms with Crippen LogP contribution in [0.1, 0.15) is 24.9 Å². The molecule has 1 rings (SSSR count). The first-order valence-corrected chi connectivity index (χ1v) is 7.73. The minimum atomic E-state index is 0.0862. The van der Waals surface area contributed by atoms with E-state index in [9.17, 15) is 0 Å². The fraction of sp³-hybridized carbons (Fsp3) is 0.263. The molecule has 0 spiro atoms. The number of hydrogen-bond donors (Lipinski definition) is 3. The van der Waals surface area contributed by atoms with Gasteiger partial charge in [0.1, 0.15) is 0 Å². The minimum Gasteiger partial charge on any atom is -0.385 e. The predicted octanol–water partition coefficient (Wildman–Crippen LogP) is 3.55. The summed E-state index contributed by atoms with van der Waals surface area (Å²) in [6, 6.07) is 10.2. The lowest BCUT2D eigenvalue weighted by Gasteiger charge is -2.19. The van der Waals surface area contributed by atoms with E-state index in [4.69, 9.17) is 10.1 Å². The Balaban J connectivity index is 3.06. The third-order valence-electron chi connectivity index (χ3n) is 3.59. The second kappa shape index (κ2) is 11.0. The van der Waals surface area contributed by atoms with Gasteiger partial charge in [-0.05, 0) is 24.5 Å². The van der Waals surface area contributed by atoms with Crippen molar-refractivity contribution in [1.82, 2.24) is 10.7 Å².